The van der Waals surface area contributed by atoms with Crippen molar-refractivity contribution < 1.29 is 23.7 Å². The van der Waals surface area contributed by atoms with E-state index in [0.717, 1.165) is 16.0 Å². The average Bonchev–Trinajstić information content (AvgIpc) is 2.74. The molecule has 0 spiro atoms. The molecule has 8 heteroatoms. The number of β-lactam (4-membered cyclic amide) rings is 1. The number of benzene rings is 2. The molecule has 31 heavy (non-hydrogen) atoms. The topological polar surface area (TPSA) is 104 Å². The number of rotatable bonds is 5. The van der Waals surface area contributed by atoms with Crippen LogP contribution in [-0.2, 0) is 31.6 Å². The summed E-state index contributed by atoms with van der Waals surface area (Å²) in [4.78, 5) is 38.3. The number of carbonyl (C=O) groups excluding carboxylic acids is 2. The maximum absolute atomic E-state index is 13.4. The highest BCUT2D eigenvalue weighted by Gasteiger charge is 2.63. The van der Waals surface area contributed by atoms with Gasteiger partial charge in [-0.2, -0.15) is 0 Å². The molecular weight excluding hydrogens is 416 g/mol. The van der Waals surface area contributed by atoms with Gasteiger partial charge in [0.2, 0.25) is 5.91 Å². The first-order chi connectivity index (χ1) is 15.0. The van der Waals surface area contributed by atoms with Gasteiger partial charge in [-0.05, 0) is 23.1 Å². The van der Waals surface area contributed by atoms with Crippen molar-refractivity contribution in [2.45, 2.75) is 35.4 Å². The number of amides is 2. The Labute approximate surface area is 181 Å². The molecule has 5 rings (SSSR count). The number of fused-ring (bicyclic) bond motifs is 2. The molecule has 3 aliphatic rings. The van der Waals surface area contributed by atoms with E-state index in [9.17, 15) is 23.7 Å². The molecule has 2 unspecified atom stereocenters. The number of hydrogen-bond donors (Lipinski definition) is 2. The van der Waals surface area contributed by atoms with Gasteiger partial charge in [0.25, 0.3) is 5.91 Å². The van der Waals surface area contributed by atoms with E-state index in [1.54, 1.807) is 0 Å². The Bertz CT molecular complexity index is 1130. The highest BCUT2D eigenvalue weighted by molar-refractivity contribution is 7.86. The van der Waals surface area contributed by atoms with E-state index < -0.39 is 39.3 Å². The Morgan fingerprint density at radius 3 is 2.35 bits per heavy atom. The molecule has 158 valence electrons. The third-order valence-electron chi connectivity index (χ3n) is 6.18. The fraction of sp³-hybridized carbons (Fsp3) is 0.261. The van der Waals surface area contributed by atoms with Crippen LogP contribution < -0.4 is 5.32 Å². The van der Waals surface area contributed by atoms with Gasteiger partial charge in [0.1, 0.15) is 17.1 Å². The van der Waals surface area contributed by atoms with E-state index in [4.69, 9.17) is 0 Å². The first-order valence-electron chi connectivity index (χ1n) is 10.0. The van der Waals surface area contributed by atoms with E-state index in [2.05, 4.69) is 5.32 Å². The molecule has 2 amide bonds. The predicted molar refractivity (Wildman–Crippen MR) is 113 cm³/mol. The number of aliphatic carboxylic acids is 1. The molecule has 2 aromatic rings. The van der Waals surface area contributed by atoms with E-state index >= 15 is 0 Å². The Balaban J connectivity index is 1.40. The normalized spacial score (nSPS) is 28.7. The summed E-state index contributed by atoms with van der Waals surface area (Å²) >= 11 is 0. The van der Waals surface area contributed by atoms with Crippen LogP contribution in [0.5, 0.6) is 0 Å². The molecule has 1 aliphatic carbocycles. The van der Waals surface area contributed by atoms with Crippen molar-refractivity contribution in [2.24, 2.45) is 0 Å². The molecule has 0 aromatic heterocycles. The number of nitrogens with zero attached hydrogens (tertiary/aromatic N) is 1. The van der Waals surface area contributed by atoms with Gasteiger partial charge in [0.05, 0.1) is 22.5 Å². The first kappa shape index (κ1) is 19.7. The molecule has 7 nitrogen and oxygen atoms in total. The molecule has 0 bridgehead atoms. The predicted octanol–water partition coefficient (Wildman–Crippen LogP) is 1.54. The Kier molecular flexibility index (Phi) is 4.74. The lowest BCUT2D eigenvalue weighted by Crippen LogP contribution is -2.75. The van der Waals surface area contributed by atoms with Gasteiger partial charge in [-0.15, -0.1) is 0 Å². The van der Waals surface area contributed by atoms with Gasteiger partial charge in [-0.3, -0.25) is 18.7 Å². The fourth-order valence-electron chi connectivity index (χ4n) is 4.69. The van der Waals surface area contributed by atoms with Gasteiger partial charge < -0.3 is 10.4 Å². The second-order valence-electron chi connectivity index (χ2n) is 7.96. The average molecular weight is 436 g/mol. The monoisotopic (exact) mass is 436 g/mol. The zero-order valence-electron chi connectivity index (χ0n) is 16.4. The van der Waals surface area contributed by atoms with Crippen LogP contribution in [0.1, 0.15) is 23.5 Å². The lowest BCUT2D eigenvalue weighted by atomic mass is 9.73. The van der Waals surface area contributed by atoms with Crippen molar-refractivity contribution in [1.82, 2.24) is 10.2 Å². The van der Waals surface area contributed by atoms with Crippen LogP contribution in [0.25, 0.3) is 0 Å². The third-order valence-corrected chi connectivity index (χ3v) is 8.25. The lowest BCUT2D eigenvalue weighted by Gasteiger charge is -2.55. The highest BCUT2D eigenvalue weighted by atomic mass is 32.2. The molecule has 2 heterocycles. The smallest absolute Gasteiger partial charge is 0.352 e. The molecule has 5 atom stereocenters. The minimum Gasteiger partial charge on any atom is -0.477 e. The van der Waals surface area contributed by atoms with Crippen LogP contribution in [0.4, 0.5) is 0 Å². The molecule has 2 N–H and O–H groups in total. The zero-order chi connectivity index (χ0) is 21.7. The van der Waals surface area contributed by atoms with Crippen molar-refractivity contribution in [3.63, 3.8) is 0 Å². The summed E-state index contributed by atoms with van der Waals surface area (Å²) in [5.41, 5.74) is 2.28. The lowest BCUT2D eigenvalue weighted by molar-refractivity contribution is -0.151. The minimum atomic E-state index is -1.53. The third kappa shape index (κ3) is 3.09. The summed E-state index contributed by atoms with van der Waals surface area (Å²) in [6.07, 6.45) is 0.552. The number of hydrogen-bond acceptors (Lipinski definition) is 4. The number of nitrogens with one attached hydrogen (secondary N) is 1. The summed E-state index contributed by atoms with van der Waals surface area (Å²) in [5.74, 6) is -2.15. The molecule has 2 aliphatic heterocycles. The number of carboxylic acids is 1. The van der Waals surface area contributed by atoms with Gasteiger partial charge >= 0.3 is 5.97 Å². The number of carboxylic acid groups (broad SMARTS) is 1. The highest BCUT2D eigenvalue weighted by Crippen LogP contribution is 2.53. The van der Waals surface area contributed by atoms with Crippen molar-refractivity contribution in [2.75, 3.05) is 0 Å². The Morgan fingerprint density at radius 1 is 1.06 bits per heavy atom. The second kappa shape index (κ2) is 7.46. The largest absolute Gasteiger partial charge is 0.477 e. The maximum Gasteiger partial charge on any atom is 0.352 e. The van der Waals surface area contributed by atoms with E-state index in [0.29, 0.717) is 12.0 Å². The fourth-order valence-corrected chi connectivity index (χ4v) is 6.93. The molecule has 2 aromatic carbocycles. The standard InChI is InChI=1S/C23H20N2O5S/c26-17(11-13-7-3-1-4-8-13)24-18-21(27)25-19(23(28)29)16-12-15(14-9-5-2-6-10-14)20(16)31(30)22(18)25/h1-10,15,18,20,22H,11-12H2,(H,24,26)(H,28,29)/t15?,18-,20+,22-,31?/m1/s1. The maximum atomic E-state index is 13.4. The van der Waals surface area contributed by atoms with Gasteiger partial charge in [-0.1, -0.05) is 60.7 Å². The van der Waals surface area contributed by atoms with Crippen LogP contribution in [0, 0.1) is 0 Å². The van der Waals surface area contributed by atoms with Crippen LogP contribution in [-0.4, -0.2) is 48.7 Å². The van der Waals surface area contributed by atoms with Crippen LogP contribution in [0.15, 0.2) is 71.9 Å². The summed E-state index contributed by atoms with van der Waals surface area (Å²) in [5, 5.41) is 11.1. The molecule has 1 saturated heterocycles. The molecule has 1 saturated carbocycles. The summed E-state index contributed by atoms with van der Waals surface area (Å²) in [7, 11) is -1.53. The van der Waals surface area contributed by atoms with Gasteiger partial charge in [0, 0.05) is 5.92 Å². The zero-order valence-corrected chi connectivity index (χ0v) is 17.2. The quantitative estimate of drug-likeness (QED) is 0.692. The van der Waals surface area contributed by atoms with Crippen LogP contribution >= 0.6 is 0 Å². The van der Waals surface area contributed by atoms with Crippen molar-refractivity contribution in [3.05, 3.63) is 83.1 Å². The van der Waals surface area contributed by atoms with Crippen molar-refractivity contribution >= 4 is 28.6 Å². The van der Waals surface area contributed by atoms with Crippen LogP contribution in [0.2, 0.25) is 0 Å². The SMILES string of the molecule is O=C(Cc1ccccc1)N[C@@H]1C(=O)N2C(C(=O)O)=C3CC(c4ccccc4)[C@@H]3S(=O)[C@H]12. The van der Waals surface area contributed by atoms with E-state index in [-0.39, 0.29) is 23.9 Å². The summed E-state index contributed by atoms with van der Waals surface area (Å²) < 4.78 is 13.4. The molecular formula is C23H20N2O5S. The minimum absolute atomic E-state index is 0.0649. The molecule has 0 radical (unpaired) electrons. The van der Waals surface area contributed by atoms with E-state index in [1.165, 1.54) is 0 Å². The summed E-state index contributed by atoms with van der Waals surface area (Å²) in [6.45, 7) is 0. The van der Waals surface area contributed by atoms with Crippen molar-refractivity contribution in [1.29, 1.82) is 0 Å². The van der Waals surface area contributed by atoms with Crippen LogP contribution in [0.3, 0.4) is 0 Å². The second-order valence-corrected chi connectivity index (χ2v) is 9.60. The Morgan fingerprint density at radius 2 is 1.71 bits per heavy atom. The number of carbonyl (C=O) groups is 3. The van der Waals surface area contributed by atoms with Crippen molar-refractivity contribution in [3.8, 4) is 0 Å². The van der Waals surface area contributed by atoms with Gasteiger partial charge in [0.15, 0.2) is 0 Å². The molecule has 2 fully saturated rings. The Hall–Kier alpha value is -3.26. The summed E-state index contributed by atoms with van der Waals surface area (Å²) in [6, 6.07) is 17.7. The van der Waals surface area contributed by atoms with Gasteiger partial charge in [-0.25, -0.2) is 4.79 Å². The first-order valence-corrected chi connectivity index (χ1v) is 11.3. The van der Waals surface area contributed by atoms with E-state index in [1.807, 2.05) is 60.7 Å².